The van der Waals surface area contributed by atoms with Crippen molar-refractivity contribution >= 4 is 11.9 Å². The number of carbonyl (C=O) groups excluding carboxylic acids is 2. The Labute approximate surface area is 198 Å². The first-order chi connectivity index (χ1) is 16.2. The molecule has 0 saturated carbocycles. The van der Waals surface area contributed by atoms with Gasteiger partial charge in [-0.3, -0.25) is 9.59 Å². The smallest absolute Gasteiger partial charge is 0.323 e. The third-order valence-electron chi connectivity index (χ3n) is 8.02. The lowest BCUT2D eigenvalue weighted by Gasteiger charge is -2.61. The van der Waals surface area contributed by atoms with Gasteiger partial charge in [0.1, 0.15) is 11.8 Å². The van der Waals surface area contributed by atoms with Crippen LogP contribution in [0.15, 0.2) is 24.0 Å². The number of aliphatic hydroxyl groups is 1. The molecule has 34 heavy (non-hydrogen) atoms. The molecule has 2 bridgehead atoms. The summed E-state index contributed by atoms with van der Waals surface area (Å²) < 4.78 is 17.0. The lowest BCUT2D eigenvalue weighted by molar-refractivity contribution is -0.169. The van der Waals surface area contributed by atoms with Gasteiger partial charge in [0.2, 0.25) is 0 Å². The molecule has 1 spiro atoms. The van der Waals surface area contributed by atoms with Gasteiger partial charge in [-0.1, -0.05) is 19.4 Å². The third kappa shape index (κ3) is 3.17. The van der Waals surface area contributed by atoms with Gasteiger partial charge < -0.3 is 35.1 Å². The van der Waals surface area contributed by atoms with E-state index >= 15 is 0 Å². The SMILES string of the molecule is CCCCOC(=O)[C@@H](N)CC(=O)OC1=CC[C@@]2(O)[C@H]3Cc4ccc(O)c5c4[C@@]2(CCN3C)[C@H]1O5. The predicted octanol–water partition coefficient (Wildman–Crippen LogP) is 1.27. The number of likely N-dealkylation sites (tertiary alicyclic amines) is 1. The summed E-state index contributed by atoms with van der Waals surface area (Å²) in [6, 6.07) is 2.25. The van der Waals surface area contributed by atoms with E-state index in [0.29, 0.717) is 18.6 Å². The Morgan fingerprint density at radius 1 is 1.38 bits per heavy atom. The molecule has 4 N–H and O–H groups in total. The van der Waals surface area contributed by atoms with E-state index in [-0.39, 0.29) is 37.0 Å². The molecule has 0 aromatic heterocycles. The second kappa shape index (κ2) is 8.25. The van der Waals surface area contributed by atoms with E-state index in [1.54, 1.807) is 12.1 Å². The Bertz CT molecular complexity index is 1060. The molecule has 1 aromatic carbocycles. The minimum atomic E-state index is -1.13. The van der Waals surface area contributed by atoms with E-state index in [1.165, 1.54) is 0 Å². The summed E-state index contributed by atoms with van der Waals surface area (Å²) in [7, 11) is 2.01. The highest BCUT2D eigenvalue weighted by molar-refractivity contribution is 5.83. The molecule has 5 atom stereocenters. The van der Waals surface area contributed by atoms with E-state index in [2.05, 4.69) is 4.90 Å². The molecular formula is C25H32N2O7. The minimum absolute atomic E-state index is 0.00442. The van der Waals surface area contributed by atoms with Gasteiger partial charge in [0, 0.05) is 18.0 Å². The second-order valence-corrected chi connectivity index (χ2v) is 9.91. The molecule has 184 valence electrons. The predicted molar refractivity (Wildman–Crippen MR) is 121 cm³/mol. The lowest BCUT2D eigenvalue weighted by atomic mass is 9.50. The fraction of sp³-hybridized carbons (Fsp3) is 0.600. The van der Waals surface area contributed by atoms with Crippen molar-refractivity contribution in [2.75, 3.05) is 20.2 Å². The Kier molecular flexibility index (Phi) is 5.61. The Morgan fingerprint density at radius 2 is 2.18 bits per heavy atom. The number of rotatable bonds is 7. The average Bonchev–Trinajstić information content (AvgIpc) is 3.16. The van der Waals surface area contributed by atoms with E-state index < -0.39 is 35.1 Å². The molecule has 2 aliphatic carbocycles. The molecular weight excluding hydrogens is 440 g/mol. The molecule has 0 radical (unpaired) electrons. The van der Waals surface area contributed by atoms with Crippen LogP contribution in [0.2, 0.25) is 0 Å². The molecule has 9 heteroatoms. The van der Waals surface area contributed by atoms with Crippen molar-refractivity contribution < 1.29 is 34.0 Å². The largest absolute Gasteiger partial charge is 0.504 e. The topological polar surface area (TPSA) is 132 Å². The van der Waals surface area contributed by atoms with Crippen molar-refractivity contribution in [2.45, 2.75) is 74.7 Å². The fourth-order valence-corrected chi connectivity index (χ4v) is 6.30. The minimum Gasteiger partial charge on any atom is -0.504 e. The maximum Gasteiger partial charge on any atom is 0.323 e. The van der Waals surface area contributed by atoms with Crippen LogP contribution in [-0.2, 0) is 30.9 Å². The Morgan fingerprint density at radius 3 is 2.94 bits per heavy atom. The van der Waals surface area contributed by atoms with Crippen LogP contribution in [0.3, 0.4) is 0 Å². The molecule has 1 fully saturated rings. The summed E-state index contributed by atoms with van der Waals surface area (Å²) in [5.74, 6) is -0.667. The highest BCUT2D eigenvalue weighted by Crippen LogP contribution is 2.65. The van der Waals surface area contributed by atoms with Gasteiger partial charge in [0.05, 0.1) is 24.0 Å². The molecule has 4 aliphatic rings. The quantitative estimate of drug-likeness (QED) is 0.396. The number of phenols is 1. The standard InChI is InChI=1S/C25H32N2O7/c1-3-4-11-32-23(30)15(26)13-19(29)33-17-7-8-25(31)18-12-14-5-6-16(28)21-20(14)24(25,22(17)34-21)9-10-27(18)2/h5-7,15,18,22,28,31H,3-4,8-13,26H2,1-2H3/t15-,18+,22-,24-,25+/m0/s1. The molecule has 9 nitrogen and oxygen atoms in total. The number of hydrogen-bond donors (Lipinski definition) is 3. The van der Waals surface area contributed by atoms with Crippen LogP contribution in [0.1, 0.15) is 50.2 Å². The normalized spacial score (nSPS) is 31.7. The van der Waals surface area contributed by atoms with Crippen molar-refractivity contribution in [1.82, 2.24) is 4.90 Å². The molecule has 1 aromatic rings. The van der Waals surface area contributed by atoms with Crippen molar-refractivity contribution in [3.8, 4) is 11.5 Å². The zero-order chi connectivity index (χ0) is 24.3. The molecule has 1 saturated heterocycles. The second-order valence-electron chi connectivity index (χ2n) is 9.91. The maximum atomic E-state index is 12.7. The van der Waals surface area contributed by atoms with Gasteiger partial charge in [-0.2, -0.15) is 0 Å². The first-order valence-electron chi connectivity index (χ1n) is 12.0. The first kappa shape index (κ1) is 23.1. The zero-order valence-corrected chi connectivity index (χ0v) is 19.6. The van der Waals surface area contributed by atoms with E-state index in [0.717, 1.165) is 30.5 Å². The number of benzene rings is 1. The summed E-state index contributed by atoms with van der Waals surface area (Å²) in [5, 5.41) is 22.6. The van der Waals surface area contributed by atoms with Gasteiger partial charge >= 0.3 is 11.9 Å². The van der Waals surface area contributed by atoms with Gasteiger partial charge in [-0.05, 0) is 50.6 Å². The number of nitrogens with zero attached hydrogens (tertiary/aromatic N) is 1. The molecule has 0 amide bonds. The van der Waals surface area contributed by atoms with Crippen LogP contribution in [-0.4, -0.2) is 71.0 Å². The number of nitrogens with two attached hydrogens (primary N) is 1. The van der Waals surface area contributed by atoms with Crippen LogP contribution >= 0.6 is 0 Å². The number of ether oxygens (including phenoxy) is 3. The number of esters is 2. The fourth-order valence-electron chi connectivity index (χ4n) is 6.30. The number of unbranched alkanes of at least 4 members (excludes halogenated alkanes) is 1. The number of aromatic hydroxyl groups is 1. The summed E-state index contributed by atoms with van der Waals surface area (Å²) in [6.07, 6.45) is 3.72. The lowest BCUT2D eigenvalue weighted by Crippen LogP contribution is -2.74. The van der Waals surface area contributed by atoms with Crippen molar-refractivity contribution in [3.05, 3.63) is 35.1 Å². The number of hydrogen-bond acceptors (Lipinski definition) is 9. The van der Waals surface area contributed by atoms with Gasteiger partial charge in [0.15, 0.2) is 17.6 Å². The van der Waals surface area contributed by atoms with Crippen LogP contribution in [0.5, 0.6) is 11.5 Å². The summed E-state index contributed by atoms with van der Waals surface area (Å²) >= 11 is 0. The van der Waals surface area contributed by atoms with E-state index in [1.807, 2.05) is 20.0 Å². The Balaban J connectivity index is 1.41. The van der Waals surface area contributed by atoms with Crippen LogP contribution in [0, 0.1) is 0 Å². The molecule has 2 heterocycles. The third-order valence-corrected chi connectivity index (χ3v) is 8.02. The van der Waals surface area contributed by atoms with E-state index in [4.69, 9.17) is 19.9 Å². The maximum absolute atomic E-state index is 12.7. The first-order valence-corrected chi connectivity index (χ1v) is 12.0. The van der Waals surface area contributed by atoms with Crippen molar-refractivity contribution in [1.29, 1.82) is 0 Å². The highest BCUT2D eigenvalue weighted by atomic mass is 16.6. The molecule has 5 rings (SSSR count). The van der Waals surface area contributed by atoms with E-state index in [9.17, 15) is 19.8 Å². The van der Waals surface area contributed by atoms with Crippen LogP contribution < -0.4 is 10.5 Å². The summed E-state index contributed by atoms with van der Waals surface area (Å²) in [4.78, 5) is 27.0. The van der Waals surface area contributed by atoms with Crippen molar-refractivity contribution in [2.24, 2.45) is 5.73 Å². The van der Waals surface area contributed by atoms with Gasteiger partial charge in [-0.15, -0.1) is 0 Å². The van der Waals surface area contributed by atoms with Crippen molar-refractivity contribution in [3.63, 3.8) is 0 Å². The van der Waals surface area contributed by atoms with Gasteiger partial charge in [0.25, 0.3) is 0 Å². The summed E-state index contributed by atoms with van der Waals surface area (Å²) in [6.45, 7) is 2.98. The number of piperidine rings is 1. The molecule has 2 aliphatic heterocycles. The zero-order valence-electron chi connectivity index (χ0n) is 19.6. The number of phenolic OH excluding ortho intramolecular Hbond substituents is 1. The molecule has 0 unspecified atom stereocenters. The van der Waals surface area contributed by atoms with Crippen LogP contribution in [0.4, 0.5) is 0 Å². The van der Waals surface area contributed by atoms with Crippen LogP contribution in [0.25, 0.3) is 0 Å². The average molecular weight is 473 g/mol. The number of likely N-dealkylation sites (N-methyl/N-ethyl adjacent to an activating group) is 1. The Hall–Kier alpha value is -2.62. The summed E-state index contributed by atoms with van der Waals surface area (Å²) in [5.41, 5.74) is 5.74. The highest BCUT2D eigenvalue weighted by Gasteiger charge is 2.72. The monoisotopic (exact) mass is 472 g/mol. The van der Waals surface area contributed by atoms with Gasteiger partial charge in [-0.25, -0.2) is 0 Å². The number of carbonyl (C=O) groups is 2.